The molecule has 2 rings (SSSR count). The van der Waals surface area contributed by atoms with Crippen LogP contribution < -0.4 is 4.74 Å². The Kier molecular flexibility index (Phi) is 5.16. The first kappa shape index (κ1) is 18.2. The molecular weight excluding hydrogens is 332 g/mol. The molecule has 1 saturated heterocycles. The summed E-state index contributed by atoms with van der Waals surface area (Å²) in [4.78, 5) is 10.5. The van der Waals surface area contributed by atoms with E-state index in [0.29, 0.717) is 13.0 Å². The molecule has 1 aromatic rings. The Hall–Kier alpha value is -2.11. The van der Waals surface area contributed by atoms with Gasteiger partial charge in [0.2, 0.25) is 10.0 Å². The Labute approximate surface area is 141 Å². The molecule has 1 unspecified atom stereocenters. The van der Waals surface area contributed by atoms with Gasteiger partial charge in [0, 0.05) is 6.54 Å². The zero-order chi connectivity index (χ0) is 18.0. The van der Waals surface area contributed by atoms with Gasteiger partial charge in [-0.1, -0.05) is 13.8 Å². The zero-order valence-corrected chi connectivity index (χ0v) is 14.4. The topological polar surface area (TPSA) is 108 Å². The fraction of sp³-hybridized carbons (Fsp3) is 0.500. The first-order valence-corrected chi connectivity index (χ1v) is 8.98. The molecule has 1 atom stereocenters. The van der Waals surface area contributed by atoms with Gasteiger partial charge in [0.05, 0.1) is 11.0 Å². The van der Waals surface area contributed by atoms with Crippen LogP contribution in [0.3, 0.4) is 0 Å². The molecule has 0 saturated carbocycles. The maximum atomic E-state index is 12.9. The molecule has 0 spiro atoms. The van der Waals surface area contributed by atoms with Crippen molar-refractivity contribution in [3.63, 3.8) is 0 Å². The van der Waals surface area contributed by atoms with Gasteiger partial charge in [-0.2, -0.15) is 9.57 Å². The number of carbonyl (C=O) groups is 1. The van der Waals surface area contributed by atoms with Crippen LogP contribution in [-0.4, -0.2) is 43.0 Å². The minimum Gasteiger partial charge on any atom is -0.482 e. The predicted molar refractivity (Wildman–Crippen MR) is 85.9 cm³/mol. The van der Waals surface area contributed by atoms with Gasteiger partial charge in [-0.05, 0) is 42.5 Å². The maximum Gasteiger partial charge on any atom is 0.341 e. The highest BCUT2D eigenvalue weighted by molar-refractivity contribution is 7.89. The molecule has 1 fully saturated rings. The summed E-state index contributed by atoms with van der Waals surface area (Å²) in [6, 6.07) is 6.94. The van der Waals surface area contributed by atoms with E-state index in [9.17, 15) is 18.5 Å². The monoisotopic (exact) mass is 352 g/mol. The summed E-state index contributed by atoms with van der Waals surface area (Å²) in [7, 11) is -3.80. The second-order valence-corrected chi connectivity index (χ2v) is 8.28. The molecule has 24 heavy (non-hydrogen) atoms. The predicted octanol–water partition coefficient (Wildman–Crippen LogP) is 1.85. The number of piperidine rings is 1. The number of nitrogens with zero attached hydrogens (tertiary/aromatic N) is 2. The second-order valence-electron chi connectivity index (χ2n) is 6.39. The maximum absolute atomic E-state index is 12.9. The lowest BCUT2D eigenvalue weighted by molar-refractivity contribution is -0.139. The highest BCUT2D eigenvalue weighted by atomic mass is 32.2. The summed E-state index contributed by atoms with van der Waals surface area (Å²) < 4.78 is 32.0. The first-order chi connectivity index (χ1) is 11.2. The number of benzene rings is 1. The van der Waals surface area contributed by atoms with E-state index in [1.807, 2.05) is 13.8 Å². The number of rotatable bonds is 5. The van der Waals surface area contributed by atoms with E-state index in [4.69, 9.17) is 9.84 Å². The molecule has 0 amide bonds. The van der Waals surface area contributed by atoms with Crippen LogP contribution in [0.2, 0.25) is 0 Å². The van der Waals surface area contributed by atoms with Crippen molar-refractivity contribution in [2.45, 2.75) is 37.6 Å². The minimum absolute atomic E-state index is 0.0584. The number of carboxylic acid groups (broad SMARTS) is 1. The summed E-state index contributed by atoms with van der Waals surface area (Å²) in [5, 5.41) is 18.0. The average Bonchev–Trinajstić information content (AvgIpc) is 2.52. The van der Waals surface area contributed by atoms with Gasteiger partial charge < -0.3 is 9.84 Å². The standard InChI is InChI=1S/C16H20N2O5S/c1-16(2)8-3-9-18(14(16)10-17)24(21,22)13-6-4-12(5-7-13)23-11-15(19)20/h4-7,14H,3,8-9,11H2,1-2H3,(H,19,20). The minimum atomic E-state index is -3.80. The van der Waals surface area contributed by atoms with Gasteiger partial charge in [0.1, 0.15) is 11.8 Å². The van der Waals surface area contributed by atoms with Gasteiger partial charge in [0.25, 0.3) is 0 Å². The molecule has 8 heteroatoms. The number of hydrogen-bond acceptors (Lipinski definition) is 5. The SMILES string of the molecule is CC1(C)CCCN(S(=O)(=O)c2ccc(OCC(=O)O)cc2)C1C#N. The number of carboxylic acids is 1. The third kappa shape index (κ3) is 3.68. The van der Waals surface area contributed by atoms with Crippen molar-refractivity contribution >= 4 is 16.0 Å². The third-order valence-electron chi connectivity index (χ3n) is 4.14. The smallest absolute Gasteiger partial charge is 0.341 e. The summed E-state index contributed by atoms with van der Waals surface area (Å²) in [6.07, 6.45) is 1.49. The Balaban J connectivity index is 2.26. The van der Waals surface area contributed by atoms with Gasteiger partial charge in [-0.15, -0.1) is 0 Å². The zero-order valence-electron chi connectivity index (χ0n) is 13.6. The van der Waals surface area contributed by atoms with Crippen molar-refractivity contribution in [3.05, 3.63) is 24.3 Å². The number of aliphatic carboxylic acids is 1. The Morgan fingerprint density at radius 2 is 2.04 bits per heavy atom. The van der Waals surface area contributed by atoms with Crippen LogP contribution in [0.25, 0.3) is 0 Å². The van der Waals surface area contributed by atoms with E-state index < -0.39 is 34.1 Å². The number of hydrogen-bond donors (Lipinski definition) is 1. The molecule has 0 aliphatic carbocycles. The van der Waals surface area contributed by atoms with Crippen molar-refractivity contribution in [1.82, 2.24) is 4.31 Å². The molecule has 0 radical (unpaired) electrons. The number of ether oxygens (including phenoxy) is 1. The lowest BCUT2D eigenvalue weighted by atomic mass is 9.78. The summed E-state index contributed by atoms with van der Waals surface area (Å²) in [5.74, 6) is -0.841. The second kappa shape index (κ2) is 6.79. The van der Waals surface area contributed by atoms with Crippen LogP contribution in [0.5, 0.6) is 5.75 Å². The summed E-state index contributed by atoms with van der Waals surface area (Å²) >= 11 is 0. The van der Waals surface area contributed by atoms with Crippen LogP contribution in [0, 0.1) is 16.7 Å². The van der Waals surface area contributed by atoms with Crippen LogP contribution in [0.4, 0.5) is 0 Å². The van der Waals surface area contributed by atoms with Gasteiger partial charge in [-0.25, -0.2) is 13.2 Å². The first-order valence-electron chi connectivity index (χ1n) is 7.54. The van der Waals surface area contributed by atoms with E-state index in [0.717, 1.165) is 6.42 Å². The van der Waals surface area contributed by atoms with Gasteiger partial charge >= 0.3 is 5.97 Å². The van der Waals surface area contributed by atoms with Crippen LogP contribution >= 0.6 is 0 Å². The Morgan fingerprint density at radius 1 is 1.42 bits per heavy atom. The normalized spacial score (nSPS) is 21.0. The lowest BCUT2D eigenvalue weighted by Crippen LogP contribution is -2.51. The number of sulfonamides is 1. The van der Waals surface area contributed by atoms with E-state index in [-0.39, 0.29) is 10.6 Å². The molecule has 1 N–H and O–H groups in total. The van der Waals surface area contributed by atoms with Gasteiger partial charge in [0.15, 0.2) is 6.61 Å². The van der Waals surface area contributed by atoms with Crippen molar-refractivity contribution in [3.8, 4) is 11.8 Å². The fourth-order valence-electron chi connectivity index (χ4n) is 2.83. The highest BCUT2D eigenvalue weighted by Crippen LogP contribution is 2.37. The number of nitriles is 1. The van der Waals surface area contributed by atoms with Gasteiger partial charge in [-0.3, -0.25) is 0 Å². The van der Waals surface area contributed by atoms with E-state index in [1.165, 1.54) is 28.6 Å². The van der Waals surface area contributed by atoms with E-state index >= 15 is 0 Å². The molecule has 0 aromatic heterocycles. The summed E-state index contributed by atoms with van der Waals surface area (Å²) in [5.41, 5.74) is -0.412. The highest BCUT2D eigenvalue weighted by Gasteiger charge is 2.43. The van der Waals surface area contributed by atoms with Crippen LogP contribution in [0.1, 0.15) is 26.7 Å². The van der Waals surface area contributed by atoms with Crippen LogP contribution in [0.15, 0.2) is 29.2 Å². The average molecular weight is 352 g/mol. The molecule has 1 aliphatic heterocycles. The lowest BCUT2D eigenvalue weighted by Gasteiger charge is -2.41. The van der Waals surface area contributed by atoms with E-state index in [1.54, 1.807) is 0 Å². The molecule has 130 valence electrons. The fourth-order valence-corrected chi connectivity index (χ4v) is 4.56. The van der Waals surface area contributed by atoms with Crippen molar-refractivity contribution in [2.24, 2.45) is 5.41 Å². The quantitative estimate of drug-likeness (QED) is 0.866. The third-order valence-corrected chi connectivity index (χ3v) is 6.02. The largest absolute Gasteiger partial charge is 0.482 e. The van der Waals surface area contributed by atoms with Crippen molar-refractivity contribution < 1.29 is 23.1 Å². The molecule has 0 bridgehead atoms. The van der Waals surface area contributed by atoms with Crippen LogP contribution in [-0.2, 0) is 14.8 Å². The molecule has 1 aromatic carbocycles. The molecule has 7 nitrogen and oxygen atoms in total. The Morgan fingerprint density at radius 3 is 2.58 bits per heavy atom. The Bertz CT molecular complexity index is 750. The van der Waals surface area contributed by atoms with Crippen molar-refractivity contribution in [2.75, 3.05) is 13.2 Å². The molecular formula is C16H20N2O5S. The van der Waals surface area contributed by atoms with Crippen molar-refractivity contribution in [1.29, 1.82) is 5.26 Å². The molecule has 1 heterocycles. The molecule has 1 aliphatic rings. The van der Waals surface area contributed by atoms with E-state index in [2.05, 4.69) is 6.07 Å². The summed E-state index contributed by atoms with van der Waals surface area (Å²) in [6.45, 7) is 3.60.